The summed E-state index contributed by atoms with van der Waals surface area (Å²) >= 11 is 0. The van der Waals surface area contributed by atoms with Crippen molar-refractivity contribution in [3.8, 4) is 5.75 Å². The molecule has 0 saturated carbocycles. The quantitative estimate of drug-likeness (QED) is 0.725. The smallest absolute Gasteiger partial charge is 0.255 e. The summed E-state index contributed by atoms with van der Waals surface area (Å²) in [7, 11) is -2.13. The Morgan fingerprint density at radius 1 is 1.00 bits per heavy atom. The number of nitrogens with zero attached hydrogens (tertiary/aromatic N) is 1. The van der Waals surface area contributed by atoms with Crippen molar-refractivity contribution in [2.24, 2.45) is 0 Å². The lowest BCUT2D eigenvalue weighted by molar-refractivity contribution is 0.102. The lowest BCUT2D eigenvalue weighted by Gasteiger charge is -2.21. The lowest BCUT2D eigenvalue weighted by atomic mass is 10.0. The van der Waals surface area contributed by atoms with E-state index in [2.05, 4.69) is 19.2 Å². The Hall–Kier alpha value is -2.38. The monoisotopic (exact) mass is 430 g/mol. The van der Waals surface area contributed by atoms with Crippen LogP contribution >= 0.6 is 0 Å². The molecule has 1 N–H and O–H groups in total. The van der Waals surface area contributed by atoms with Crippen molar-refractivity contribution in [1.82, 2.24) is 4.31 Å². The van der Waals surface area contributed by atoms with Gasteiger partial charge in [0.15, 0.2) is 0 Å². The number of benzene rings is 2. The first kappa shape index (κ1) is 22.3. The fourth-order valence-electron chi connectivity index (χ4n) is 3.59. The summed E-state index contributed by atoms with van der Waals surface area (Å²) in [6, 6.07) is 12.0. The van der Waals surface area contributed by atoms with Crippen LogP contribution in [0.5, 0.6) is 5.75 Å². The maximum absolute atomic E-state index is 13.1. The first-order valence-corrected chi connectivity index (χ1v) is 11.9. The molecule has 30 heavy (non-hydrogen) atoms. The van der Waals surface area contributed by atoms with Crippen LogP contribution in [0.4, 0.5) is 5.69 Å². The van der Waals surface area contributed by atoms with Gasteiger partial charge in [-0.1, -0.05) is 38.8 Å². The zero-order valence-electron chi connectivity index (χ0n) is 17.8. The van der Waals surface area contributed by atoms with Gasteiger partial charge >= 0.3 is 0 Å². The molecule has 162 valence electrons. The second kappa shape index (κ2) is 9.62. The summed E-state index contributed by atoms with van der Waals surface area (Å²) < 4.78 is 33.1. The molecule has 0 spiro atoms. The third-order valence-corrected chi connectivity index (χ3v) is 7.36. The molecule has 3 rings (SSSR count). The summed E-state index contributed by atoms with van der Waals surface area (Å²) in [5.74, 6) is 0.480. The molecule has 0 atom stereocenters. The van der Waals surface area contributed by atoms with Gasteiger partial charge in [-0.05, 0) is 54.7 Å². The molecule has 0 aromatic heterocycles. The first-order chi connectivity index (χ1) is 14.3. The number of methoxy groups -OCH3 is 1. The number of sulfonamides is 1. The maximum Gasteiger partial charge on any atom is 0.255 e. The number of anilines is 1. The van der Waals surface area contributed by atoms with Crippen molar-refractivity contribution in [3.05, 3.63) is 53.6 Å². The van der Waals surface area contributed by atoms with Gasteiger partial charge < -0.3 is 10.1 Å². The third-order valence-electron chi connectivity index (χ3n) is 5.46. The van der Waals surface area contributed by atoms with Crippen LogP contribution in [0.15, 0.2) is 47.4 Å². The highest BCUT2D eigenvalue weighted by Gasteiger charge is 2.26. The van der Waals surface area contributed by atoms with E-state index in [-0.39, 0.29) is 10.8 Å². The normalized spacial score (nSPS) is 15.6. The number of nitrogens with one attached hydrogen (secondary N) is 1. The van der Waals surface area contributed by atoms with Crippen LogP contribution in [0.3, 0.4) is 0 Å². The Kier molecular flexibility index (Phi) is 7.15. The van der Waals surface area contributed by atoms with Crippen molar-refractivity contribution in [1.29, 1.82) is 0 Å². The van der Waals surface area contributed by atoms with Gasteiger partial charge in [-0.2, -0.15) is 4.31 Å². The van der Waals surface area contributed by atoms with Crippen molar-refractivity contribution >= 4 is 21.6 Å². The van der Waals surface area contributed by atoms with Crippen LogP contribution < -0.4 is 10.1 Å². The molecule has 0 aliphatic carbocycles. The predicted octanol–water partition coefficient (Wildman–Crippen LogP) is 4.64. The van der Waals surface area contributed by atoms with Crippen LogP contribution in [0.1, 0.15) is 61.4 Å². The summed E-state index contributed by atoms with van der Waals surface area (Å²) in [5.41, 5.74) is 1.99. The topological polar surface area (TPSA) is 75.7 Å². The van der Waals surface area contributed by atoms with E-state index in [1.807, 2.05) is 12.1 Å². The Morgan fingerprint density at radius 2 is 1.63 bits per heavy atom. The molecular formula is C23H30N2O4S. The van der Waals surface area contributed by atoms with E-state index >= 15 is 0 Å². The highest BCUT2D eigenvalue weighted by molar-refractivity contribution is 7.89. The van der Waals surface area contributed by atoms with E-state index in [1.54, 1.807) is 18.2 Å². The lowest BCUT2D eigenvalue weighted by Crippen LogP contribution is -2.32. The Labute approximate surface area is 179 Å². The van der Waals surface area contributed by atoms with Gasteiger partial charge in [0.2, 0.25) is 10.0 Å². The van der Waals surface area contributed by atoms with E-state index in [0.717, 1.165) is 31.2 Å². The Balaban J connectivity index is 1.86. The standard InChI is InChI=1S/C23H30N2O4S/c1-17(2)18-8-10-19(11-9-18)23(26)24-21-16-20(12-13-22(21)29-3)30(27,28)25-14-6-4-5-7-15-25/h8-13,16-17H,4-7,14-15H2,1-3H3,(H,24,26). The number of hydrogen-bond acceptors (Lipinski definition) is 4. The Bertz CT molecular complexity index is 977. The van der Waals surface area contributed by atoms with E-state index in [0.29, 0.717) is 36.0 Å². The number of carbonyl (C=O) groups excluding carboxylic acids is 1. The van der Waals surface area contributed by atoms with Gasteiger partial charge in [0.1, 0.15) is 5.75 Å². The van der Waals surface area contributed by atoms with Gasteiger partial charge in [0.25, 0.3) is 5.91 Å². The van der Waals surface area contributed by atoms with Crippen molar-refractivity contribution in [3.63, 3.8) is 0 Å². The third kappa shape index (κ3) is 5.02. The summed E-state index contributed by atoms with van der Waals surface area (Å²) in [6.07, 6.45) is 3.83. The molecule has 0 radical (unpaired) electrons. The minimum Gasteiger partial charge on any atom is -0.495 e. The highest BCUT2D eigenvalue weighted by atomic mass is 32.2. The second-order valence-electron chi connectivity index (χ2n) is 7.91. The van der Waals surface area contributed by atoms with E-state index in [9.17, 15) is 13.2 Å². The largest absolute Gasteiger partial charge is 0.495 e. The van der Waals surface area contributed by atoms with Crippen LogP contribution in [0, 0.1) is 0 Å². The number of carbonyl (C=O) groups is 1. The van der Waals surface area contributed by atoms with Crippen LogP contribution in [0.2, 0.25) is 0 Å². The van der Waals surface area contributed by atoms with Crippen LogP contribution in [0.25, 0.3) is 0 Å². The minimum atomic E-state index is -3.62. The van der Waals surface area contributed by atoms with Gasteiger partial charge in [-0.15, -0.1) is 0 Å². The summed E-state index contributed by atoms with van der Waals surface area (Å²) in [5, 5.41) is 2.81. The maximum atomic E-state index is 13.1. The molecule has 1 amide bonds. The average molecular weight is 431 g/mol. The van der Waals surface area contributed by atoms with Crippen molar-refractivity contribution < 1.29 is 17.9 Å². The fourth-order valence-corrected chi connectivity index (χ4v) is 5.13. The molecule has 2 aromatic rings. The minimum absolute atomic E-state index is 0.163. The zero-order valence-corrected chi connectivity index (χ0v) is 18.7. The van der Waals surface area contributed by atoms with Crippen molar-refractivity contribution in [2.75, 3.05) is 25.5 Å². The van der Waals surface area contributed by atoms with Crippen molar-refractivity contribution in [2.45, 2.75) is 50.3 Å². The molecule has 0 bridgehead atoms. The van der Waals surface area contributed by atoms with Crippen LogP contribution in [-0.4, -0.2) is 38.8 Å². The molecule has 7 heteroatoms. The van der Waals surface area contributed by atoms with Gasteiger partial charge in [-0.25, -0.2) is 8.42 Å². The first-order valence-electron chi connectivity index (χ1n) is 10.4. The molecule has 6 nitrogen and oxygen atoms in total. The number of rotatable bonds is 6. The molecule has 1 saturated heterocycles. The average Bonchev–Trinajstić information content (AvgIpc) is 3.04. The number of hydrogen-bond donors (Lipinski definition) is 1. The molecule has 1 aliphatic heterocycles. The molecular weight excluding hydrogens is 400 g/mol. The van der Waals surface area contributed by atoms with E-state index in [1.165, 1.54) is 23.5 Å². The molecule has 1 heterocycles. The zero-order chi connectivity index (χ0) is 21.7. The summed E-state index contributed by atoms with van der Waals surface area (Å²) in [4.78, 5) is 12.9. The number of ether oxygens (including phenoxy) is 1. The molecule has 2 aromatic carbocycles. The molecule has 0 unspecified atom stereocenters. The van der Waals surface area contributed by atoms with Crippen LogP contribution in [-0.2, 0) is 10.0 Å². The fraction of sp³-hybridized carbons (Fsp3) is 0.435. The second-order valence-corrected chi connectivity index (χ2v) is 9.85. The van der Waals surface area contributed by atoms with Gasteiger partial charge in [0.05, 0.1) is 17.7 Å². The van der Waals surface area contributed by atoms with E-state index in [4.69, 9.17) is 4.74 Å². The predicted molar refractivity (Wildman–Crippen MR) is 119 cm³/mol. The van der Waals surface area contributed by atoms with Gasteiger partial charge in [-0.3, -0.25) is 4.79 Å². The Morgan fingerprint density at radius 3 is 2.20 bits per heavy atom. The number of amides is 1. The summed E-state index contributed by atoms with van der Waals surface area (Å²) in [6.45, 7) is 5.24. The van der Waals surface area contributed by atoms with E-state index < -0.39 is 10.0 Å². The SMILES string of the molecule is COc1ccc(S(=O)(=O)N2CCCCCC2)cc1NC(=O)c1ccc(C(C)C)cc1. The molecule has 1 fully saturated rings. The highest BCUT2D eigenvalue weighted by Crippen LogP contribution is 2.30. The molecule has 1 aliphatic rings. The van der Waals surface area contributed by atoms with Gasteiger partial charge in [0, 0.05) is 18.7 Å².